The van der Waals surface area contributed by atoms with Gasteiger partial charge >= 0.3 is 6.01 Å². The third-order valence-corrected chi connectivity index (χ3v) is 2.00. The molecule has 1 aromatic heterocycles. The average Bonchev–Trinajstić information content (AvgIpc) is 2.75. The third-order valence-electron chi connectivity index (χ3n) is 2.00. The lowest BCUT2D eigenvalue weighted by Gasteiger charge is -1.99. The number of anilines is 1. The van der Waals surface area contributed by atoms with Crippen LogP contribution >= 0.6 is 0 Å². The molecule has 0 bridgehead atoms. The molecule has 2 aromatic rings. The molecule has 6 nitrogen and oxygen atoms in total. The summed E-state index contributed by atoms with van der Waals surface area (Å²) in [5.41, 5.74) is 0.777. The van der Waals surface area contributed by atoms with Crippen molar-refractivity contribution in [1.29, 1.82) is 5.26 Å². The summed E-state index contributed by atoms with van der Waals surface area (Å²) in [6, 6.07) is 8.33. The zero-order valence-electron chi connectivity index (χ0n) is 8.97. The fourth-order valence-corrected chi connectivity index (χ4v) is 1.25. The zero-order valence-corrected chi connectivity index (χ0v) is 8.97. The number of rotatable bonds is 2. The minimum Gasteiger partial charge on any atom is -0.315 e. The van der Waals surface area contributed by atoms with Crippen molar-refractivity contribution in [3.05, 3.63) is 41.2 Å². The van der Waals surface area contributed by atoms with Crippen LogP contribution in [-0.4, -0.2) is 16.0 Å². The molecule has 0 spiro atoms. The minimum absolute atomic E-state index is 0.0369. The van der Waals surface area contributed by atoms with Crippen molar-refractivity contribution in [2.24, 2.45) is 0 Å². The summed E-state index contributed by atoms with van der Waals surface area (Å²) in [5.74, 6) is 0.0387. The first-order valence-electron chi connectivity index (χ1n) is 4.81. The minimum atomic E-state index is -0.397. The quantitative estimate of drug-likeness (QED) is 0.840. The second-order valence-corrected chi connectivity index (χ2v) is 3.29. The number of carbonyl (C=O) groups is 1. The molecule has 0 radical (unpaired) electrons. The summed E-state index contributed by atoms with van der Waals surface area (Å²) in [6.07, 6.45) is 0. The molecule has 84 valence electrons. The van der Waals surface area contributed by atoms with Gasteiger partial charge in [0.15, 0.2) is 5.82 Å². The van der Waals surface area contributed by atoms with Crippen molar-refractivity contribution in [2.45, 2.75) is 6.92 Å². The monoisotopic (exact) mass is 228 g/mol. The SMILES string of the molecule is Cc1noc(NC(=O)c2cccc(C#N)c2)n1. The highest BCUT2D eigenvalue weighted by atomic mass is 16.5. The summed E-state index contributed by atoms with van der Waals surface area (Å²) in [5, 5.41) is 14.7. The van der Waals surface area contributed by atoms with E-state index in [1.165, 1.54) is 6.07 Å². The van der Waals surface area contributed by atoms with Gasteiger partial charge < -0.3 is 4.52 Å². The van der Waals surface area contributed by atoms with Gasteiger partial charge in [-0.1, -0.05) is 11.2 Å². The van der Waals surface area contributed by atoms with E-state index in [9.17, 15) is 4.79 Å². The number of hydrogen-bond acceptors (Lipinski definition) is 5. The highest BCUT2D eigenvalue weighted by molar-refractivity contribution is 6.03. The van der Waals surface area contributed by atoms with Crippen molar-refractivity contribution in [2.75, 3.05) is 5.32 Å². The fraction of sp³-hybridized carbons (Fsp3) is 0.0909. The van der Waals surface area contributed by atoms with Crippen molar-refractivity contribution in [3.8, 4) is 6.07 Å². The van der Waals surface area contributed by atoms with Crippen LogP contribution in [0.15, 0.2) is 28.8 Å². The van der Waals surface area contributed by atoms with E-state index in [0.717, 1.165) is 0 Å². The molecule has 1 N–H and O–H groups in total. The molecule has 0 aliphatic rings. The van der Waals surface area contributed by atoms with Gasteiger partial charge in [-0.05, 0) is 25.1 Å². The van der Waals surface area contributed by atoms with Crippen molar-refractivity contribution in [1.82, 2.24) is 10.1 Å². The molecule has 2 rings (SSSR count). The van der Waals surface area contributed by atoms with Crippen molar-refractivity contribution in [3.63, 3.8) is 0 Å². The summed E-state index contributed by atoms with van der Waals surface area (Å²) < 4.78 is 4.75. The summed E-state index contributed by atoms with van der Waals surface area (Å²) >= 11 is 0. The van der Waals surface area contributed by atoms with E-state index < -0.39 is 5.91 Å². The maximum Gasteiger partial charge on any atom is 0.328 e. The van der Waals surface area contributed by atoms with Crippen LogP contribution in [0, 0.1) is 18.3 Å². The van der Waals surface area contributed by atoms with E-state index in [4.69, 9.17) is 9.78 Å². The normalized spacial score (nSPS) is 9.65. The lowest BCUT2D eigenvalue weighted by molar-refractivity contribution is 0.102. The maximum atomic E-state index is 11.7. The first-order valence-corrected chi connectivity index (χ1v) is 4.81. The van der Waals surface area contributed by atoms with Gasteiger partial charge in [0.25, 0.3) is 5.91 Å². The Bertz CT molecular complexity index is 598. The van der Waals surface area contributed by atoms with Crippen LogP contribution in [0.1, 0.15) is 21.7 Å². The van der Waals surface area contributed by atoms with Crippen LogP contribution in [0.25, 0.3) is 0 Å². The molecule has 0 saturated heterocycles. The molecule has 0 aliphatic heterocycles. The van der Waals surface area contributed by atoms with Crippen LogP contribution in [0.4, 0.5) is 6.01 Å². The van der Waals surface area contributed by atoms with Crippen molar-refractivity contribution < 1.29 is 9.32 Å². The second-order valence-electron chi connectivity index (χ2n) is 3.29. The van der Waals surface area contributed by atoms with Crippen LogP contribution < -0.4 is 5.32 Å². The van der Waals surface area contributed by atoms with E-state index in [0.29, 0.717) is 17.0 Å². The molecule has 0 fully saturated rings. The molecule has 1 heterocycles. The largest absolute Gasteiger partial charge is 0.328 e. The second kappa shape index (κ2) is 4.45. The lowest BCUT2D eigenvalue weighted by atomic mass is 10.1. The number of hydrogen-bond donors (Lipinski definition) is 1. The molecule has 1 amide bonds. The number of nitriles is 1. The Kier molecular flexibility index (Phi) is 2.83. The standard InChI is InChI=1S/C11H8N4O2/c1-7-13-11(17-15-7)14-10(16)9-4-2-3-8(5-9)6-12/h2-5H,1H3,(H,13,14,15,16). The van der Waals surface area contributed by atoms with Gasteiger partial charge in [-0.25, -0.2) is 0 Å². The van der Waals surface area contributed by atoms with Gasteiger partial charge in [-0.15, -0.1) is 0 Å². The molecular weight excluding hydrogens is 220 g/mol. The van der Waals surface area contributed by atoms with Crippen molar-refractivity contribution >= 4 is 11.9 Å². The Morgan fingerprint density at radius 2 is 2.35 bits per heavy atom. The number of nitrogens with one attached hydrogen (secondary N) is 1. The molecule has 0 atom stereocenters. The van der Waals surface area contributed by atoms with Gasteiger partial charge in [0.05, 0.1) is 11.6 Å². The number of aromatic nitrogens is 2. The van der Waals surface area contributed by atoms with Crippen LogP contribution in [-0.2, 0) is 0 Å². The van der Waals surface area contributed by atoms with Gasteiger partial charge in [0, 0.05) is 5.56 Å². The molecule has 1 aromatic carbocycles. The number of carbonyl (C=O) groups excluding carboxylic acids is 1. The Hall–Kier alpha value is -2.68. The predicted octanol–water partition coefficient (Wildman–Crippen LogP) is 1.50. The Labute approximate surface area is 96.9 Å². The first kappa shape index (κ1) is 10.8. The predicted molar refractivity (Wildman–Crippen MR) is 58.1 cm³/mol. The number of nitrogens with zero attached hydrogens (tertiary/aromatic N) is 3. The average molecular weight is 228 g/mol. The number of amides is 1. The number of benzene rings is 1. The smallest absolute Gasteiger partial charge is 0.315 e. The number of aryl methyl sites for hydroxylation is 1. The Morgan fingerprint density at radius 1 is 1.53 bits per heavy atom. The van der Waals surface area contributed by atoms with Gasteiger partial charge in [-0.3, -0.25) is 10.1 Å². The van der Waals surface area contributed by atoms with E-state index in [2.05, 4.69) is 15.5 Å². The Balaban J connectivity index is 2.17. The van der Waals surface area contributed by atoms with E-state index in [-0.39, 0.29) is 6.01 Å². The Morgan fingerprint density at radius 3 is 3.00 bits per heavy atom. The maximum absolute atomic E-state index is 11.7. The molecule has 0 saturated carbocycles. The molecule has 17 heavy (non-hydrogen) atoms. The fourth-order valence-electron chi connectivity index (χ4n) is 1.25. The molecular formula is C11H8N4O2. The first-order chi connectivity index (χ1) is 8.19. The highest BCUT2D eigenvalue weighted by Gasteiger charge is 2.10. The highest BCUT2D eigenvalue weighted by Crippen LogP contribution is 2.08. The zero-order chi connectivity index (χ0) is 12.3. The van der Waals surface area contributed by atoms with E-state index in [1.807, 2.05) is 6.07 Å². The molecule has 0 unspecified atom stereocenters. The summed E-state index contributed by atoms with van der Waals surface area (Å²) in [7, 11) is 0. The summed E-state index contributed by atoms with van der Waals surface area (Å²) in [4.78, 5) is 15.6. The lowest BCUT2D eigenvalue weighted by Crippen LogP contribution is -2.12. The third kappa shape index (κ3) is 2.46. The van der Waals surface area contributed by atoms with Crippen LogP contribution in [0.2, 0.25) is 0 Å². The molecule has 6 heteroatoms. The van der Waals surface area contributed by atoms with E-state index >= 15 is 0 Å². The van der Waals surface area contributed by atoms with Gasteiger partial charge in [-0.2, -0.15) is 10.2 Å². The summed E-state index contributed by atoms with van der Waals surface area (Å²) in [6.45, 7) is 1.65. The molecule has 0 aliphatic carbocycles. The topological polar surface area (TPSA) is 91.8 Å². The van der Waals surface area contributed by atoms with Gasteiger partial charge in [0.2, 0.25) is 0 Å². The van der Waals surface area contributed by atoms with E-state index in [1.54, 1.807) is 25.1 Å². The van der Waals surface area contributed by atoms with Crippen LogP contribution in [0.5, 0.6) is 0 Å². The van der Waals surface area contributed by atoms with Gasteiger partial charge in [0.1, 0.15) is 0 Å². The van der Waals surface area contributed by atoms with Crippen LogP contribution in [0.3, 0.4) is 0 Å².